The molecule has 0 bridgehead atoms. The number of hydrogen-bond acceptors (Lipinski definition) is 16. The highest BCUT2D eigenvalue weighted by Crippen LogP contribution is 2.30. The maximum absolute atomic E-state index is 12.7. The summed E-state index contributed by atoms with van der Waals surface area (Å²) in [6.45, 7) is 23.2. The topological polar surface area (TPSA) is 211 Å². The van der Waals surface area contributed by atoms with Gasteiger partial charge in [0.1, 0.15) is 34.0 Å². The molecular formula is C55H66N16O2S2. The van der Waals surface area contributed by atoms with Crippen molar-refractivity contribution < 1.29 is 9.59 Å². The van der Waals surface area contributed by atoms with Crippen molar-refractivity contribution in [3.05, 3.63) is 139 Å². The zero-order valence-electron chi connectivity index (χ0n) is 44.2. The Morgan fingerprint density at radius 2 is 1.09 bits per heavy atom. The second-order valence-corrected chi connectivity index (χ2v) is 23.2. The minimum atomic E-state index is -0.102. The number of carbonyl (C=O) groups is 2. The summed E-state index contributed by atoms with van der Waals surface area (Å²) in [4.78, 5) is 55.5. The third-order valence-electron chi connectivity index (χ3n) is 12.8. The maximum Gasteiger partial charge on any atom is 0.263 e. The summed E-state index contributed by atoms with van der Waals surface area (Å²) < 4.78 is 4.12. The molecule has 20 heteroatoms. The Bertz CT molecular complexity index is 3280. The highest BCUT2D eigenvalue weighted by atomic mass is 32.1. The number of nitrogens with zero attached hydrogens (tertiary/aromatic N) is 11. The Kier molecular flexibility index (Phi) is 15.9. The predicted octanol–water partition coefficient (Wildman–Crippen LogP) is 9.48. The van der Waals surface area contributed by atoms with Crippen molar-refractivity contribution in [2.75, 3.05) is 30.8 Å². The Morgan fingerprint density at radius 1 is 0.600 bits per heavy atom. The number of aromatic nitrogens is 10. The van der Waals surface area contributed by atoms with Gasteiger partial charge in [-0.25, -0.2) is 29.9 Å². The van der Waals surface area contributed by atoms with Crippen molar-refractivity contribution in [3.63, 3.8) is 0 Å². The fourth-order valence-corrected chi connectivity index (χ4v) is 10.4. The highest BCUT2D eigenvalue weighted by molar-refractivity contribution is 7.14. The average molecular weight is 1050 g/mol. The van der Waals surface area contributed by atoms with Gasteiger partial charge in [0.15, 0.2) is 11.6 Å². The Hall–Kier alpha value is -7.26. The van der Waals surface area contributed by atoms with Gasteiger partial charge >= 0.3 is 0 Å². The molecule has 0 unspecified atom stereocenters. The molecule has 75 heavy (non-hydrogen) atoms. The third kappa shape index (κ3) is 13.4. The van der Waals surface area contributed by atoms with E-state index < -0.39 is 0 Å². The van der Waals surface area contributed by atoms with Crippen molar-refractivity contribution in [2.45, 2.75) is 118 Å². The lowest BCUT2D eigenvalue weighted by Gasteiger charge is -2.13. The number of anilines is 4. The van der Waals surface area contributed by atoms with E-state index in [2.05, 4.69) is 144 Å². The van der Waals surface area contributed by atoms with Crippen LogP contribution in [0.2, 0.25) is 0 Å². The van der Waals surface area contributed by atoms with E-state index in [9.17, 15) is 9.59 Å². The normalized spacial score (nSPS) is 13.9. The first-order valence-electron chi connectivity index (χ1n) is 25.3. The minimum Gasteiger partial charge on any atom is -0.347 e. The maximum atomic E-state index is 12.7. The van der Waals surface area contributed by atoms with Crippen LogP contribution < -0.4 is 26.6 Å². The molecule has 0 atom stereocenters. The number of amides is 2. The monoisotopic (exact) mass is 1050 g/mol. The van der Waals surface area contributed by atoms with E-state index in [4.69, 9.17) is 5.10 Å². The second-order valence-electron chi connectivity index (χ2n) is 21.1. The lowest BCUT2D eigenvalue weighted by atomic mass is 9.98. The van der Waals surface area contributed by atoms with Gasteiger partial charge in [0, 0.05) is 92.0 Å². The van der Waals surface area contributed by atoms with Gasteiger partial charge in [0.25, 0.3) is 11.8 Å². The summed E-state index contributed by atoms with van der Waals surface area (Å²) in [7, 11) is 2.14. The van der Waals surface area contributed by atoms with Gasteiger partial charge in [0.2, 0.25) is 0 Å². The van der Waals surface area contributed by atoms with Gasteiger partial charge < -0.3 is 31.5 Å². The van der Waals surface area contributed by atoms with Crippen LogP contribution >= 0.6 is 22.7 Å². The van der Waals surface area contributed by atoms with Gasteiger partial charge in [0.05, 0.1) is 45.2 Å². The van der Waals surface area contributed by atoms with E-state index in [0.717, 1.165) is 124 Å². The first-order chi connectivity index (χ1) is 35.9. The number of thiazole rings is 2. The molecule has 0 saturated heterocycles. The van der Waals surface area contributed by atoms with Crippen LogP contribution in [0.25, 0.3) is 22.5 Å². The van der Waals surface area contributed by atoms with Crippen LogP contribution in [-0.2, 0) is 50.1 Å². The lowest BCUT2D eigenvalue weighted by Crippen LogP contribution is -2.22. The average Bonchev–Trinajstić information content (AvgIpc) is 4.18. The number of fused-ring (bicyclic) bond motifs is 2. The molecule has 5 N–H and O–H groups in total. The SMILES string of the molecule is Cc1cc(-c2cc(Nc3cc4n(n3)CCCN(C)C4)ncn2)ccc1CNC(=O)c1cnc(C(C)(C)C)s1.Cc1cc(-c2cc(Nc3cc4n(n3)CCCNC4)ncn2)ccc1CNC(=O)c1cnc(C(C)(C)C)s1. The highest BCUT2D eigenvalue weighted by Gasteiger charge is 2.23. The van der Waals surface area contributed by atoms with Crippen LogP contribution in [0.1, 0.15) is 117 Å². The second kappa shape index (κ2) is 22.7. The van der Waals surface area contributed by atoms with Crippen LogP contribution in [0.5, 0.6) is 0 Å². The van der Waals surface area contributed by atoms with E-state index >= 15 is 0 Å². The van der Waals surface area contributed by atoms with Crippen LogP contribution in [0.4, 0.5) is 23.3 Å². The van der Waals surface area contributed by atoms with Crippen molar-refractivity contribution in [3.8, 4) is 22.5 Å². The van der Waals surface area contributed by atoms with E-state index in [1.165, 1.54) is 28.4 Å². The van der Waals surface area contributed by atoms with Crippen molar-refractivity contribution in [1.29, 1.82) is 0 Å². The summed E-state index contributed by atoms with van der Waals surface area (Å²) in [5, 5.41) is 27.4. The molecule has 2 aliphatic rings. The molecule has 0 fully saturated rings. The van der Waals surface area contributed by atoms with Crippen LogP contribution in [0.3, 0.4) is 0 Å². The molecule has 0 radical (unpaired) electrons. The number of hydrogen-bond donors (Lipinski definition) is 5. The number of aryl methyl sites for hydroxylation is 4. The van der Waals surface area contributed by atoms with Gasteiger partial charge in [-0.05, 0) is 74.7 Å². The molecule has 2 amide bonds. The van der Waals surface area contributed by atoms with Crippen molar-refractivity contribution in [1.82, 2.24) is 70.3 Å². The fourth-order valence-electron chi connectivity index (χ4n) is 8.62. The number of nitrogens with one attached hydrogen (secondary N) is 5. The molecule has 0 aliphatic carbocycles. The predicted molar refractivity (Wildman–Crippen MR) is 297 cm³/mol. The third-order valence-corrected chi connectivity index (χ3v) is 15.7. The quantitative estimate of drug-likeness (QED) is 0.0772. The summed E-state index contributed by atoms with van der Waals surface area (Å²) >= 11 is 2.89. The molecule has 2 aliphatic heterocycles. The van der Waals surface area contributed by atoms with Crippen LogP contribution in [0.15, 0.2) is 85.7 Å². The van der Waals surface area contributed by atoms with Crippen molar-refractivity contribution in [2.24, 2.45) is 0 Å². The molecular weight excluding hydrogens is 981 g/mol. The van der Waals surface area contributed by atoms with Gasteiger partial charge in [-0.2, -0.15) is 10.2 Å². The molecule has 2 aromatic carbocycles. The standard InChI is InChI=1S/C28H34N8OS.C27H32N8OS/c1-18-11-19(7-8-20(18)14-29-26(37)23-15-30-27(38-23)28(2,3)4)22-13-24(32-17-31-22)33-25-12-21-16-35(5)9-6-10-36(21)34-25;1-17-10-18(6-7-19(17)13-29-25(36)22-15-30-26(37-22)27(2,3)4)21-12-23(32-16-31-21)33-24-11-20-14-28-8-5-9-35(20)34-24/h7-8,11-13,15,17H,6,9-10,14,16H2,1-5H3,(H,29,37)(H,31,32,33,34);6-7,10-12,15-16,28H,5,8-9,13-14H2,1-4H3,(H,29,36)(H,31,32,33,34). The molecule has 0 saturated carbocycles. The lowest BCUT2D eigenvalue weighted by molar-refractivity contribution is 0.0946. The van der Waals surface area contributed by atoms with Gasteiger partial charge in [-0.1, -0.05) is 65.8 Å². The Labute approximate surface area is 446 Å². The minimum absolute atomic E-state index is 0.0685. The fraction of sp³-hybridized carbons (Fsp3) is 0.382. The number of rotatable bonds is 12. The molecule has 0 spiro atoms. The zero-order chi connectivity index (χ0) is 52.9. The Balaban J connectivity index is 0.000000184. The first kappa shape index (κ1) is 52.6. The molecule has 6 aromatic heterocycles. The van der Waals surface area contributed by atoms with E-state index in [-0.39, 0.29) is 22.6 Å². The van der Waals surface area contributed by atoms with E-state index in [1.807, 2.05) is 54.9 Å². The van der Waals surface area contributed by atoms with Crippen LogP contribution in [-0.4, -0.2) is 86.3 Å². The largest absolute Gasteiger partial charge is 0.347 e. The number of carbonyl (C=O) groups excluding carboxylic acids is 2. The summed E-state index contributed by atoms with van der Waals surface area (Å²) in [6.07, 6.45) is 8.60. The molecule has 18 nitrogen and oxygen atoms in total. The summed E-state index contributed by atoms with van der Waals surface area (Å²) in [5.74, 6) is 2.76. The molecule has 10 rings (SSSR count). The molecule has 8 aromatic rings. The van der Waals surface area contributed by atoms with E-state index in [1.54, 1.807) is 25.0 Å². The van der Waals surface area contributed by atoms with E-state index in [0.29, 0.717) is 34.5 Å². The first-order valence-corrected chi connectivity index (χ1v) is 26.9. The molecule has 390 valence electrons. The smallest absolute Gasteiger partial charge is 0.263 e. The van der Waals surface area contributed by atoms with Gasteiger partial charge in [-0.3, -0.25) is 19.0 Å². The summed E-state index contributed by atoms with van der Waals surface area (Å²) in [6, 6.07) is 20.3. The molecule has 8 heterocycles. The number of benzene rings is 2. The van der Waals surface area contributed by atoms with Crippen molar-refractivity contribution >= 4 is 57.8 Å². The van der Waals surface area contributed by atoms with Crippen LogP contribution in [0, 0.1) is 13.8 Å². The summed E-state index contributed by atoms with van der Waals surface area (Å²) in [5.41, 5.74) is 10.1. The zero-order valence-corrected chi connectivity index (χ0v) is 45.8. The Morgan fingerprint density at radius 3 is 1.59 bits per heavy atom. The van der Waals surface area contributed by atoms with Gasteiger partial charge in [-0.15, -0.1) is 22.7 Å².